The molecule has 2 aromatic carbocycles. The van der Waals surface area contributed by atoms with E-state index in [1.807, 2.05) is 18.2 Å². The maximum absolute atomic E-state index is 6.42. The van der Waals surface area contributed by atoms with Gasteiger partial charge in [-0.2, -0.15) is 4.98 Å². The fourth-order valence-corrected chi connectivity index (χ4v) is 4.17. The zero-order valence-corrected chi connectivity index (χ0v) is 17.0. The molecule has 0 saturated carbocycles. The first kappa shape index (κ1) is 18.2. The van der Waals surface area contributed by atoms with E-state index in [0.717, 1.165) is 64.7 Å². The molecule has 2 N–H and O–H groups in total. The predicted molar refractivity (Wildman–Crippen MR) is 118 cm³/mol. The Bertz CT molecular complexity index is 1180. The molecular formula is C23H22ClN5. The SMILES string of the molecule is Cc1cc2c(Cl)cccc2n1-c1nc2c(c(NCc3ccccc3)n1)CNCC2. The molecule has 2 aromatic heterocycles. The van der Waals surface area contributed by atoms with Crippen LogP contribution in [0.5, 0.6) is 0 Å². The van der Waals surface area contributed by atoms with E-state index in [9.17, 15) is 0 Å². The van der Waals surface area contributed by atoms with Crippen molar-refractivity contribution in [2.45, 2.75) is 26.4 Å². The van der Waals surface area contributed by atoms with Crippen LogP contribution in [0.25, 0.3) is 16.9 Å². The van der Waals surface area contributed by atoms with Crippen LogP contribution in [0.15, 0.2) is 54.6 Å². The lowest BCUT2D eigenvalue weighted by molar-refractivity contribution is 0.624. The maximum Gasteiger partial charge on any atom is 0.236 e. The van der Waals surface area contributed by atoms with E-state index in [1.54, 1.807) is 0 Å². The average Bonchev–Trinajstić information content (AvgIpc) is 3.10. The van der Waals surface area contributed by atoms with Crippen molar-refractivity contribution < 1.29 is 0 Å². The molecule has 0 amide bonds. The van der Waals surface area contributed by atoms with E-state index < -0.39 is 0 Å². The molecule has 0 bridgehead atoms. The summed E-state index contributed by atoms with van der Waals surface area (Å²) in [5, 5.41) is 8.74. The quantitative estimate of drug-likeness (QED) is 0.521. The average molecular weight is 404 g/mol. The number of nitrogens with zero attached hydrogens (tertiary/aromatic N) is 3. The number of benzene rings is 2. The Morgan fingerprint density at radius 1 is 1.10 bits per heavy atom. The summed E-state index contributed by atoms with van der Waals surface area (Å²) in [6.07, 6.45) is 0.893. The lowest BCUT2D eigenvalue weighted by Gasteiger charge is -2.21. The molecule has 4 aromatic rings. The van der Waals surface area contributed by atoms with Gasteiger partial charge in [0.1, 0.15) is 5.82 Å². The molecule has 146 valence electrons. The van der Waals surface area contributed by atoms with Crippen molar-refractivity contribution in [2.75, 3.05) is 11.9 Å². The molecular weight excluding hydrogens is 382 g/mol. The third-order valence-electron chi connectivity index (χ3n) is 5.40. The molecule has 29 heavy (non-hydrogen) atoms. The Labute approximate surface area is 174 Å². The molecule has 6 heteroatoms. The second-order valence-corrected chi connectivity index (χ2v) is 7.76. The zero-order chi connectivity index (χ0) is 19.8. The topological polar surface area (TPSA) is 54.8 Å². The molecule has 3 heterocycles. The van der Waals surface area contributed by atoms with Gasteiger partial charge < -0.3 is 10.6 Å². The number of anilines is 1. The van der Waals surface area contributed by atoms with Crippen molar-refractivity contribution in [2.24, 2.45) is 0 Å². The first-order valence-electron chi connectivity index (χ1n) is 9.86. The van der Waals surface area contributed by atoms with Crippen molar-refractivity contribution in [3.05, 3.63) is 82.1 Å². The second-order valence-electron chi connectivity index (χ2n) is 7.36. The van der Waals surface area contributed by atoms with Gasteiger partial charge in [-0.3, -0.25) is 4.57 Å². The predicted octanol–water partition coefficient (Wildman–Crippen LogP) is 4.64. The number of aromatic nitrogens is 3. The highest BCUT2D eigenvalue weighted by atomic mass is 35.5. The molecule has 0 radical (unpaired) electrons. The van der Waals surface area contributed by atoms with Crippen molar-refractivity contribution in [3.8, 4) is 5.95 Å². The monoisotopic (exact) mass is 403 g/mol. The van der Waals surface area contributed by atoms with Crippen molar-refractivity contribution in [3.63, 3.8) is 0 Å². The second kappa shape index (κ2) is 7.50. The molecule has 0 atom stereocenters. The van der Waals surface area contributed by atoms with E-state index in [-0.39, 0.29) is 0 Å². The largest absolute Gasteiger partial charge is 0.366 e. The van der Waals surface area contributed by atoms with Crippen LogP contribution in [0, 0.1) is 6.92 Å². The Morgan fingerprint density at radius 2 is 1.97 bits per heavy atom. The van der Waals surface area contributed by atoms with Crippen LogP contribution in [-0.2, 0) is 19.5 Å². The van der Waals surface area contributed by atoms with Crippen LogP contribution in [0.3, 0.4) is 0 Å². The fourth-order valence-electron chi connectivity index (χ4n) is 3.95. The van der Waals surface area contributed by atoms with Gasteiger partial charge in [-0.05, 0) is 30.7 Å². The summed E-state index contributed by atoms with van der Waals surface area (Å²) >= 11 is 6.42. The summed E-state index contributed by atoms with van der Waals surface area (Å²) in [6.45, 7) is 4.50. The Morgan fingerprint density at radius 3 is 2.83 bits per heavy atom. The molecule has 0 spiro atoms. The highest BCUT2D eigenvalue weighted by molar-refractivity contribution is 6.35. The maximum atomic E-state index is 6.42. The molecule has 0 fully saturated rings. The minimum Gasteiger partial charge on any atom is -0.366 e. The lowest BCUT2D eigenvalue weighted by atomic mass is 10.1. The van der Waals surface area contributed by atoms with Gasteiger partial charge in [0.05, 0.1) is 11.2 Å². The van der Waals surface area contributed by atoms with Crippen molar-refractivity contribution in [1.29, 1.82) is 0 Å². The number of nitrogens with one attached hydrogen (secondary N) is 2. The zero-order valence-electron chi connectivity index (χ0n) is 16.2. The van der Waals surface area contributed by atoms with Gasteiger partial charge in [0.2, 0.25) is 5.95 Å². The summed E-state index contributed by atoms with van der Waals surface area (Å²) in [4.78, 5) is 9.88. The molecule has 1 aliphatic heterocycles. The van der Waals surface area contributed by atoms with Crippen LogP contribution in [0.1, 0.15) is 22.5 Å². The molecule has 1 aliphatic rings. The van der Waals surface area contributed by atoms with Crippen LogP contribution in [-0.4, -0.2) is 21.1 Å². The van der Waals surface area contributed by atoms with Crippen LogP contribution in [0.2, 0.25) is 5.02 Å². The standard InChI is InChI=1S/C23H22ClN5/c1-15-12-17-19(24)8-5-9-21(17)29(15)23-27-20-10-11-25-14-18(20)22(28-23)26-13-16-6-3-2-4-7-16/h2-9,12,25H,10-11,13-14H2,1H3,(H,26,27,28). The number of halogens is 1. The third kappa shape index (κ3) is 3.37. The van der Waals surface area contributed by atoms with Crippen LogP contribution >= 0.6 is 11.6 Å². The van der Waals surface area contributed by atoms with E-state index in [0.29, 0.717) is 5.95 Å². The van der Waals surface area contributed by atoms with Gasteiger partial charge in [-0.25, -0.2) is 4.98 Å². The molecule has 5 rings (SSSR count). The molecule has 5 nitrogen and oxygen atoms in total. The van der Waals surface area contributed by atoms with E-state index >= 15 is 0 Å². The summed E-state index contributed by atoms with van der Waals surface area (Å²) < 4.78 is 2.09. The smallest absolute Gasteiger partial charge is 0.236 e. The number of aryl methyl sites for hydroxylation is 1. The number of hydrogen-bond acceptors (Lipinski definition) is 4. The van der Waals surface area contributed by atoms with Gasteiger partial charge in [0, 0.05) is 47.7 Å². The van der Waals surface area contributed by atoms with Gasteiger partial charge in [-0.15, -0.1) is 0 Å². The summed E-state index contributed by atoms with van der Waals surface area (Å²) in [5.41, 5.74) is 5.57. The lowest BCUT2D eigenvalue weighted by Crippen LogP contribution is -2.27. The first-order valence-corrected chi connectivity index (χ1v) is 10.2. The number of fused-ring (bicyclic) bond motifs is 2. The minimum absolute atomic E-state index is 0.691. The highest BCUT2D eigenvalue weighted by Crippen LogP contribution is 2.30. The summed E-state index contributed by atoms with van der Waals surface area (Å²) in [5.74, 6) is 1.58. The van der Waals surface area contributed by atoms with Gasteiger partial charge >= 0.3 is 0 Å². The minimum atomic E-state index is 0.691. The number of rotatable bonds is 4. The summed E-state index contributed by atoms with van der Waals surface area (Å²) in [7, 11) is 0. The van der Waals surface area contributed by atoms with Crippen LogP contribution < -0.4 is 10.6 Å². The Hall–Kier alpha value is -2.89. The van der Waals surface area contributed by atoms with Gasteiger partial charge in [0.15, 0.2) is 0 Å². The molecule has 0 saturated heterocycles. The Kier molecular flexibility index (Phi) is 4.70. The van der Waals surface area contributed by atoms with Crippen molar-refractivity contribution in [1.82, 2.24) is 19.9 Å². The van der Waals surface area contributed by atoms with E-state index in [2.05, 4.69) is 58.5 Å². The highest BCUT2D eigenvalue weighted by Gasteiger charge is 2.20. The van der Waals surface area contributed by atoms with E-state index in [1.165, 1.54) is 5.56 Å². The van der Waals surface area contributed by atoms with Gasteiger partial charge in [-0.1, -0.05) is 48.0 Å². The van der Waals surface area contributed by atoms with Crippen LogP contribution in [0.4, 0.5) is 5.82 Å². The molecule has 0 aliphatic carbocycles. The number of hydrogen-bond donors (Lipinski definition) is 2. The Balaban J connectivity index is 1.61. The first-order chi connectivity index (χ1) is 14.2. The van der Waals surface area contributed by atoms with E-state index in [4.69, 9.17) is 21.6 Å². The van der Waals surface area contributed by atoms with Gasteiger partial charge in [0.25, 0.3) is 0 Å². The summed E-state index contributed by atoms with van der Waals surface area (Å²) in [6, 6.07) is 18.4. The third-order valence-corrected chi connectivity index (χ3v) is 5.73. The molecule has 0 unspecified atom stereocenters. The van der Waals surface area contributed by atoms with Crippen molar-refractivity contribution >= 4 is 28.3 Å². The fraction of sp³-hybridized carbons (Fsp3) is 0.217. The normalized spacial score (nSPS) is 13.4.